The molecule has 0 bridgehead atoms. The third-order valence-corrected chi connectivity index (χ3v) is 2.39. The maximum Gasteiger partial charge on any atom is 0.266 e. The number of anilines is 1. The van der Waals surface area contributed by atoms with Crippen molar-refractivity contribution in [3.05, 3.63) is 24.3 Å². The van der Waals surface area contributed by atoms with Crippen molar-refractivity contribution in [2.24, 2.45) is 0 Å². The lowest BCUT2D eigenvalue weighted by Gasteiger charge is -1.98. The molecule has 1 aromatic rings. The van der Waals surface area contributed by atoms with Crippen LogP contribution in [0.2, 0.25) is 0 Å². The number of rotatable bonds is 2. The topological polar surface area (TPSA) is 72.2 Å². The fourth-order valence-corrected chi connectivity index (χ4v) is 1.27. The van der Waals surface area contributed by atoms with Crippen LogP contribution in [0, 0.1) is 0 Å². The van der Waals surface area contributed by atoms with Gasteiger partial charge in [-0.05, 0) is 29.2 Å². The Morgan fingerprint density at radius 2 is 1.75 bits per heavy atom. The van der Waals surface area contributed by atoms with Gasteiger partial charge in [-0.2, -0.15) is 0 Å². The molecule has 1 aromatic carbocycles. The van der Waals surface area contributed by atoms with Crippen molar-refractivity contribution in [1.29, 1.82) is 0 Å². The Bertz CT molecular complexity index is 360. The molecule has 3 N–H and O–H groups in total. The quantitative estimate of drug-likeness (QED) is 0.524. The van der Waals surface area contributed by atoms with Crippen molar-refractivity contribution < 1.29 is 12.9 Å². The zero-order valence-electron chi connectivity index (χ0n) is 5.99. The lowest BCUT2D eigenvalue weighted by atomic mass is 10.3. The first-order valence-electron chi connectivity index (χ1n) is 3.04. The van der Waals surface area contributed by atoms with E-state index in [4.69, 9.17) is 5.73 Å². The fraction of sp³-hybridized carbons (Fsp3) is 0. The largest absolute Gasteiger partial charge is 0.399 e. The van der Waals surface area contributed by atoms with Crippen LogP contribution < -0.4 is 10.7 Å². The van der Waals surface area contributed by atoms with Crippen LogP contribution in [-0.4, -0.2) is 8.42 Å². The summed E-state index contributed by atoms with van der Waals surface area (Å²) in [6, 6.07) is 5.20. The van der Waals surface area contributed by atoms with Crippen LogP contribution in [0.3, 0.4) is 0 Å². The van der Waals surface area contributed by atoms with E-state index in [9.17, 15) is 12.9 Å². The Labute approximate surface area is 69.2 Å². The van der Waals surface area contributed by atoms with E-state index in [1.807, 2.05) is 0 Å². The van der Waals surface area contributed by atoms with E-state index in [1.54, 1.807) is 0 Å². The zero-order valence-corrected chi connectivity index (χ0v) is 6.81. The summed E-state index contributed by atoms with van der Waals surface area (Å²) in [4.78, 5) is 0.555. The molecule has 0 fully saturated rings. The molecule has 0 amide bonds. The summed E-state index contributed by atoms with van der Waals surface area (Å²) < 4.78 is 33.3. The number of nitrogens with two attached hydrogens (primary N) is 1. The summed E-state index contributed by atoms with van der Waals surface area (Å²) in [6.07, 6.45) is 0. The molecule has 66 valence electrons. The smallest absolute Gasteiger partial charge is 0.266 e. The monoisotopic (exact) mass is 190 g/mol. The van der Waals surface area contributed by atoms with Gasteiger partial charge in [0.1, 0.15) is 0 Å². The van der Waals surface area contributed by atoms with E-state index in [0.29, 0.717) is 10.6 Å². The highest BCUT2D eigenvalue weighted by molar-refractivity contribution is 7.89. The van der Waals surface area contributed by atoms with Gasteiger partial charge in [0.25, 0.3) is 10.0 Å². The first-order chi connectivity index (χ1) is 5.56. The SMILES string of the molecule is Nc1ccc(S(=O)(=O)NF)cc1. The number of sulfonamides is 1. The van der Waals surface area contributed by atoms with Crippen molar-refractivity contribution in [2.45, 2.75) is 4.90 Å². The molecule has 0 aliphatic carbocycles. The highest BCUT2D eigenvalue weighted by Crippen LogP contribution is 2.10. The van der Waals surface area contributed by atoms with E-state index in [1.165, 1.54) is 24.3 Å². The van der Waals surface area contributed by atoms with E-state index in [2.05, 4.69) is 0 Å². The summed E-state index contributed by atoms with van der Waals surface area (Å²) in [6.45, 7) is 0. The van der Waals surface area contributed by atoms with E-state index in [0.717, 1.165) is 0 Å². The Kier molecular flexibility index (Phi) is 2.30. The van der Waals surface area contributed by atoms with Crippen LogP contribution in [0.25, 0.3) is 0 Å². The fourth-order valence-electron chi connectivity index (χ4n) is 0.692. The highest BCUT2D eigenvalue weighted by Gasteiger charge is 2.11. The number of halogens is 1. The summed E-state index contributed by atoms with van der Waals surface area (Å²) in [5.74, 6) is 0. The highest BCUT2D eigenvalue weighted by atomic mass is 32.2. The van der Waals surface area contributed by atoms with Crippen LogP contribution in [-0.2, 0) is 10.0 Å². The number of hydrogen-bond donors (Lipinski definition) is 2. The summed E-state index contributed by atoms with van der Waals surface area (Å²) >= 11 is 0. The maximum absolute atomic E-state index is 11.7. The van der Waals surface area contributed by atoms with Crippen LogP contribution >= 0.6 is 0 Å². The van der Waals surface area contributed by atoms with Gasteiger partial charge in [0.05, 0.1) is 4.90 Å². The Balaban J connectivity index is 3.14. The Morgan fingerprint density at radius 1 is 1.25 bits per heavy atom. The van der Waals surface area contributed by atoms with Crippen molar-refractivity contribution in [2.75, 3.05) is 5.73 Å². The van der Waals surface area contributed by atoms with Gasteiger partial charge in [-0.3, -0.25) is 0 Å². The van der Waals surface area contributed by atoms with E-state index in [-0.39, 0.29) is 4.90 Å². The van der Waals surface area contributed by atoms with Gasteiger partial charge in [-0.15, -0.1) is 4.48 Å². The van der Waals surface area contributed by atoms with Crippen molar-refractivity contribution in [3.63, 3.8) is 0 Å². The van der Waals surface area contributed by atoms with Gasteiger partial charge in [0.15, 0.2) is 0 Å². The molecule has 6 heteroatoms. The van der Waals surface area contributed by atoms with Crippen LogP contribution in [0.4, 0.5) is 10.2 Å². The molecule has 1 rings (SSSR count). The van der Waals surface area contributed by atoms with E-state index < -0.39 is 10.0 Å². The molecule has 0 unspecified atom stereocenters. The van der Waals surface area contributed by atoms with Gasteiger partial charge in [-0.1, -0.05) is 0 Å². The number of benzene rings is 1. The average molecular weight is 190 g/mol. The zero-order chi connectivity index (χ0) is 9.19. The molecule has 12 heavy (non-hydrogen) atoms. The minimum absolute atomic E-state index is 0.154. The third-order valence-electron chi connectivity index (χ3n) is 1.29. The molecular formula is C6H7FN2O2S. The molecule has 0 saturated heterocycles. The van der Waals surface area contributed by atoms with Crippen molar-refractivity contribution in [1.82, 2.24) is 4.94 Å². The molecular weight excluding hydrogens is 183 g/mol. The second kappa shape index (κ2) is 3.08. The summed E-state index contributed by atoms with van der Waals surface area (Å²) in [7, 11) is -3.99. The predicted octanol–water partition coefficient (Wildman–Crippen LogP) is 0.432. The lowest BCUT2D eigenvalue weighted by molar-refractivity contribution is 0.425. The van der Waals surface area contributed by atoms with Crippen LogP contribution in [0.5, 0.6) is 0 Å². The normalized spacial score (nSPS) is 11.4. The Hall–Kier alpha value is -1.14. The molecule has 0 saturated carbocycles. The second-order valence-electron chi connectivity index (χ2n) is 2.15. The van der Waals surface area contributed by atoms with Gasteiger partial charge >= 0.3 is 0 Å². The van der Waals surface area contributed by atoms with E-state index >= 15 is 0 Å². The van der Waals surface area contributed by atoms with Crippen LogP contribution in [0.15, 0.2) is 29.2 Å². The van der Waals surface area contributed by atoms with Crippen molar-refractivity contribution in [3.8, 4) is 0 Å². The predicted molar refractivity (Wildman–Crippen MR) is 42.3 cm³/mol. The van der Waals surface area contributed by atoms with Gasteiger partial charge in [0, 0.05) is 5.69 Å². The molecule has 0 atom stereocenters. The molecule has 0 aliphatic heterocycles. The molecule has 4 nitrogen and oxygen atoms in total. The number of hydrogen-bond acceptors (Lipinski definition) is 3. The van der Waals surface area contributed by atoms with Gasteiger partial charge in [-0.25, -0.2) is 8.42 Å². The minimum atomic E-state index is -3.99. The van der Waals surface area contributed by atoms with Crippen molar-refractivity contribution >= 4 is 15.7 Å². The first kappa shape index (κ1) is 8.95. The van der Waals surface area contributed by atoms with Gasteiger partial charge in [0.2, 0.25) is 0 Å². The Morgan fingerprint density at radius 3 is 2.17 bits per heavy atom. The standard InChI is InChI=1S/C6H7FN2O2S/c7-9-12(10,11)6-3-1-5(8)2-4-6/h1-4,9H,8H2. The lowest BCUT2D eigenvalue weighted by Crippen LogP contribution is -2.14. The second-order valence-corrected chi connectivity index (χ2v) is 3.78. The van der Waals surface area contributed by atoms with Gasteiger partial charge < -0.3 is 5.73 Å². The number of nitrogen functional groups attached to an aromatic ring is 1. The van der Waals surface area contributed by atoms with Crippen LogP contribution in [0.1, 0.15) is 0 Å². The molecule has 0 radical (unpaired) electrons. The molecule has 0 spiro atoms. The third kappa shape index (κ3) is 1.72. The molecule has 0 aromatic heterocycles. The number of nitrogens with one attached hydrogen (secondary N) is 1. The summed E-state index contributed by atoms with van der Waals surface area (Å²) in [5.41, 5.74) is 5.73. The molecule has 0 heterocycles. The average Bonchev–Trinajstić information content (AvgIpc) is 2.05. The first-order valence-corrected chi connectivity index (χ1v) is 4.52. The maximum atomic E-state index is 11.7. The minimum Gasteiger partial charge on any atom is -0.399 e. The summed E-state index contributed by atoms with van der Waals surface area (Å²) in [5, 5.41) is 0. The molecule has 0 aliphatic rings.